The lowest BCUT2D eigenvalue weighted by Gasteiger charge is -2.04. The zero-order valence-electron chi connectivity index (χ0n) is 11.6. The standard InChI is InChI=1S/C13H13ClN2O4S2/c1-2-20-12(17)7-10-8-15-13(21-10)16-22(18,19)11-5-3-9(14)4-6-11/h3-6,8H,2,7H2,1H3,(H,15,16). The van der Waals surface area contributed by atoms with Crippen LogP contribution in [-0.4, -0.2) is 26.0 Å². The fourth-order valence-corrected chi connectivity index (χ4v) is 3.74. The first kappa shape index (κ1) is 16.7. The molecule has 1 N–H and O–H groups in total. The Bertz CT molecular complexity index is 757. The quantitative estimate of drug-likeness (QED) is 0.800. The number of sulfonamides is 1. The number of halogens is 1. The van der Waals surface area contributed by atoms with Crippen LogP contribution < -0.4 is 4.72 Å². The van der Waals surface area contributed by atoms with Gasteiger partial charge in [0, 0.05) is 16.1 Å². The first-order valence-corrected chi connectivity index (χ1v) is 8.97. The Balaban J connectivity index is 2.09. The molecule has 1 aromatic heterocycles. The SMILES string of the molecule is CCOC(=O)Cc1cnc(NS(=O)(=O)c2ccc(Cl)cc2)s1. The second kappa shape index (κ2) is 7.08. The number of carbonyl (C=O) groups excluding carboxylic acids is 1. The second-order valence-electron chi connectivity index (χ2n) is 4.17. The van der Waals surface area contributed by atoms with Gasteiger partial charge in [-0.25, -0.2) is 13.4 Å². The number of nitrogens with zero attached hydrogens (tertiary/aromatic N) is 1. The minimum Gasteiger partial charge on any atom is -0.466 e. The van der Waals surface area contributed by atoms with Crippen molar-refractivity contribution in [3.63, 3.8) is 0 Å². The van der Waals surface area contributed by atoms with Crippen LogP contribution in [-0.2, 0) is 26.0 Å². The third-order valence-electron chi connectivity index (χ3n) is 2.52. The highest BCUT2D eigenvalue weighted by Gasteiger charge is 2.16. The number of nitrogens with one attached hydrogen (secondary N) is 1. The number of thiazole rings is 1. The van der Waals surface area contributed by atoms with Crippen LogP contribution >= 0.6 is 22.9 Å². The van der Waals surface area contributed by atoms with Crippen molar-refractivity contribution in [2.24, 2.45) is 0 Å². The maximum Gasteiger partial charge on any atom is 0.311 e. The van der Waals surface area contributed by atoms with Crippen LogP contribution in [0.5, 0.6) is 0 Å². The number of hydrogen-bond donors (Lipinski definition) is 1. The van der Waals surface area contributed by atoms with Crippen molar-refractivity contribution in [1.29, 1.82) is 0 Å². The lowest BCUT2D eigenvalue weighted by atomic mass is 10.4. The first-order valence-electron chi connectivity index (χ1n) is 6.29. The van der Waals surface area contributed by atoms with E-state index in [4.69, 9.17) is 16.3 Å². The average molecular weight is 361 g/mol. The number of ether oxygens (including phenoxy) is 1. The summed E-state index contributed by atoms with van der Waals surface area (Å²) in [5.41, 5.74) is 0. The molecule has 9 heteroatoms. The monoisotopic (exact) mass is 360 g/mol. The zero-order chi connectivity index (χ0) is 16.2. The minimum atomic E-state index is -3.73. The molecule has 0 radical (unpaired) electrons. The summed E-state index contributed by atoms with van der Waals surface area (Å²) in [4.78, 5) is 16.0. The molecular weight excluding hydrogens is 348 g/mol. The molecule has 0 aliphatic heterocycles. The van der Waals surface area contributed by atoms with E-state index in [2.05, 4.69) is 9.71 Å². The van der Waals surface area contributed by atoms with E-state index in [1.54, 1.807) is 6.92 Å². The molecule has 22 heavy (non-hydrogen) atoms. The highest BCUT2D eigenvalue weighted by atomic mass is 35.5. The minimum absolute atomic E-state index is 0.0637. The summed E-state index contributed by atoms with van der Waals surface area (Å²) in [5.74, 6) is -0.377. The number of esters is 1. The van der Waals surface area contributed by atoms with Crippen molar-refractivity contribution in [2.75, 3.05) is 11.3 Å². The molecule has 0 bridgehead atoms. The molecule has 0 saturated heterocycles. The van der Waals surface area contributed by atoms with Crippen molar-refractivity contribution in [3.8, 4) is 0 Å². The number of aromatic nitrogens is 1. The summed E-state index contributed by atoms with van der Waals surface area (Å²) >= 11 is 6.81. The number of benzene rings is 1. The molecule has 0 spiro atoms. The maximum atomic E-state index is 12.2. The van der Waals surface area contributed by atoms with E-state index in [-0.39, 0.29) is 22.4 Å². The molecule has 1 heterocycles. The van der Waals surface area contributed by atoms with Gasteiger partial charge in [0.1, 0.15) is 0 Å². The van der Waals surface area contributed by atoms with Gasteiger partial charge in [0.2, 0.25) is 0 Å². The molecule has 2 aromatic rings. The smallest absolute Gasteiger partial charge is 0.311 e. The van der Waals surface area contributed by atoms with Gasteiger partial charge in [-0.2, -0.15) is 0 Å². The van der Waals surface area contributed by atoms with Gasteiger partial charge in [-0.15, -0.1) is 11.3 Å². The van der Waals surface area contributed by atoms with E-state index >= 15 is 0 Å². The van der Waals surface area contributed by atoms with Crippen LogP contribution in [0.15, 0.2) is 35.4 Å². The van der Waals surface area contributed by atoms with Crippen LogP contribution in [0, 0.1) is 0 Å². The van der Waals surface area contributed by atoms with E-state index < -0.39 is 10.0 Å². The summed E-state index contributed by atoms with van der Waals surface area (Å²) in [5, 5.41) is 0.638. The molecule has 0 fully saturated rings. The maximum absolute atomic E-state index is 12.2. The predicted octanol–water partition coefficient (Wildman–Crippen LogP) is 2.70. The predicted molar refractivity (Wildman–Crippen MR) is 84.7 cm³/mol. The molecule has 6 nitrogen and oxygen atoms in total. The van der Waals surface area contributed by atoms with Crippen molar-refractivity contribution in [1.82, 2.24) is 4.98 Å². The highest BCUT2D eigenvalue weighted by Crippen LogP contribution is 2.23. The average Bonchev–Trinajstić information content (AvgIpc) is 2.85. The Kier molecular flexibility index (Phi) is 5.38. The Morgan fingerprint density at radius 2 is 2.05 bits per heavy atom. The van der Waals surface area contributed by atoms with Crippen molar-refractivity contribution < 1.29 is 17.9 Å². The summed E-state index contributed by atoms with van der Waals surface area (Å²) < 4.78 is 31.5. The molecule has 0 saturated carbocycles. The molecule has 0 aliphatic rings. The van der Waals surface area contributed by atoms with Gasteiger partial charge in [0.25, 0.3) is 10.0 Å². The van der Waals surface area contributed by atoms with Crippen LogP contribution in [0.2, 0.25) is 5.02 Å². The van der Waals surface area contributed by atoms with E-state index in [0.29, 0.717) is 16.5 Å². The fraction of sp³-hybridized carbons (Fsp3) is 0.231. The largest absolute Gasteiger partial charge is 0.466 e. The van der Waals surface area contributed by atoms with Crippen LogP contribution in [0.3, 0.4) is 0 Å². The molecule has 0 aliphatic carbocycles. The summed E-state index contributed by atoms with van der Waals surface area (Å²) in [6.45, 7) is 2.02. The Labute approximate surface area is 137 Å². The van der Waals surface area contributed by atoms with Gasteiger partial charge in [0.15, 0.2) is 5.13 Å². The lowest BCUT2D eigenvalue weighted by molar-refractivity contribution is -0.142. The van der Waals surface area contributed by atoms with Crippen molar-refractivity contribution in [2.45, 2.75) is 18.2 Å². The van der Waals surface area contributed by atoms with E-state index in [1.165, 1.54) is 30.5 Å². The van der Waals surface area contributed by atoms with Crippen molar-refractivity contribution >= 4 is 44.1 Å². The fourth-order valence-electron chi connectivity index (χ4n) is 1.58. The summed E-state index contributed by atoms with van der Waals surface area (Å²) in [7, 11) is -3.73. The first-order chi connectivity index (χ1) is 10.4. The molecular formula is C13H13ClN2O4S2. The third kappa shape index (κ3) is 4.43. The lowest BCUT2D eigenvalue weighted by Crippen LogP contribution is -2.12. The normalized spacial score (nSPS) is 11.2. The highest BCUT2D eigenvalue weighted by molar-refractivity contribution is 7.93. The van der Waals surface area contributed by atoms with Gasteiger partial charge in [-0.1, -0.05) is 11.6 Å². The van der Waals surface area contributed by atoms with E-state index in [1.807, 2.05) is 0 Å². The Hall–Kier alpha value is -1.64. The molecule has 0 atom stereocenters. The van der Waals surface area contributed by atoms with Gasteiger partial charge < -0.3 is 4.74 Å². The summed E-state index contributed by atoms with van der Waals surface area (Å²) in [6, 6.07) is 5.78. The zero-order valence-corrected chi connectivity index (χ0v) is 14.0. The molecule has 2 rings (SSSR count). The molecule has 118 valence electrons. The van der Waals surface area contributed by atoms with Gasteiger partial charge >= 0.3 is 5.97 Å². The molecule has 0 unspecified atom stereocenters. The van der Waals surface area contributed by atoms with Gasteiger partial charge in [-0.3, -0.25) is 9.52 Å². The van der Waals surface area contributed by atoms with Crippen LogP contribution in [0.25, 0.3) is 0 Å². The Morgan fingerprint density at radius 3 is 2.68 bits per heavy atom. The van der Waals surface area contributed by atoms with E-state index in [9.17, 15) is 13.2 Å². The van der Waals surface area contributed by atoms with E-state index in [0.717, 1.165) is 11.3 Å². The summed E-state index contributed by atoms with van der Waals surface area (Å²) in [6.07, 6.45) is 1.51. The van der Waals surface area contributed by atoms with Crippen LogP contribution in [0.4, 0.5) is 5.13 Å². The van der Waals surface area contributed by atoms with Crippen LogP contribution in [0.1, 0.15) is 11.8 Å². The number of carbonyl (C=O) groups is 1. The number of anilines is 1. The number of rotatable bonds is 6. The topological polar surface area (TPSA) is 85.4 Å². The number of hydrogen-bond acceptors (Lipinski definition) is 6. The third-order valence-corrected chi connectivity index (χ3v) is 5.17. The Morgan fingerprint density at radius 1 is 1.36 bits per heavy atom. The second-order valence-corrected chi connectivity index (χ2v) is 7.41. The van der Waals surface area contributed by atoms with Gasteiger partial charge in [0.05, 0.1) is 17.9 Å². The molecule has 1 aromatic carbocycles. The molecule has 0 amide bonds. The van der Waals surface area contributed by atoms with Gasteiger partial charge in [-0.05, 0) is 31.2 Å². The van der Waals surface area contributed by atoms with Crippen molar-refractivity contribution in [3.05, 3.63) is 40.4 Å².